The first kappa shape index (κ1) is 15.9. The Bertz CT molecular complexity index is 603. The van der Waals surface area contributed by atoms with Crippen molar-refractivity contribution in [3.8, 4) is 11.5 Å². The average Bonchev–Trinajstić information content (AvgIpc) is 2.54. The number of hydrogen-bond donors (Lipinski definition) is 0. The maximum atomic E-state index is 11.6. The molecule has 2 aromatic carbocycles. The molecule has 0 bridgehead atoms. The Balaban J connectivity index is 1.94. The third-order valence-electron chi connectivity index (χ3n) is 3.12. The van der Waals surface area contributed by atoms with Crippen molar-refractivity contribution in [2.75, 3.05) is 7.11 Å². The van der Waals surface area contributed by atoms with E-state index in [0.717, 1.165) is 11.3 Å². The van der Waals surface area contributed by atoms with E-state index in [0.29, 0.717) is 12.4 Å². The molecule has 2 rings (SSSR count). The summed E-state index contributed by atoms with van der Waals surface area (Å²) in [7, 11) is 1.34. The number of methoxy groups -OCH3 is 1. The standard InChI is InChI=1S/C18H20O4/c1-18(2,17(19)20-3)22-16-11-9-15(10-12-16)21-13-14-7-5-4-6-8-14/h4-12H,13H2,1-3H3. The number of carbonyl (C=O) groups is 1. The van der Waals surface area contributed by atoms with Crippen molar-refractivity contribution in [1.82, 2.24) is 0 Å². The smallest absolute Gasteiger partial charge is 0.349 e. The Kier molecular flexibility index (Phi) is 5.04. The minimum absolute atomic E-state index is 0.420. The molecule has 0 saturated heterocycles. The molecule has 0 amide bonds. The number of benzene rings is 2. The first-order valence-corrected chi connectivity index (χ1v) is 7.05. The lowest BCUT2D eigenvalue weighted by molar-refractivity contribution is -0.156. The van der Waals surface area contributed by atoms with E-state index in [4.69, 9.17) is 14.2 Å². The van der Waals surface area contributed by atoms with Gasteiger partial charge in [-0.25, -0.2) is 4.79 Å². The highest BCUT2D eigenvalue weighted by Crippen LogP contribution is 2.23. The second-order valence-corrected chi connectivity index (χ2v) is 5.35. The normalized spacial score (nSPS) is 10.9. The quantitative estimate of drug-likeness (QED) is 0.765. The van der Waals surface area contributed by atoms with Crippen LogP contribution >= 0.6 is 0 Å². The molecule has 22 heavy (non-hydrogen) atoms. The topological polar surface area (TPSA) is 44.8 Å². The predicted molar refractivity (Wildman–Crippen MR) is 83.9 cm³/mol. The summed E-state index contributed by atoms with van der Waals surface area (Å²) in [5.41, 5.74) is 0.0795. The summed E-state index contributed by atoms with van der Waals surface area (Å²) in [5.74, 6) is 0.909. The summed E-state index contributed by atoms with van der Waals surface area (Å²) in [6.45, 7) is 3.84. The minimum Gasteiger partial charge on any atom is -0.489 e. The predicted octanol–water partition coefficient (Wildman–Crippen LogP) is 3.60. The van der Waals surface area contributed by atoms with Gasteiger partial charge in [0, 0.05) is 0 Å². The van der Waals surface area contributed by atoms with Gasteiger partial charge in [0.2, 0.25) is 0 Å². The van der Waals surface area contributed by atoms with Gasteiger partial charge in [-0.05, 0) is 43.7 Å². The van der Waals surface area contributed by atoms with Crippen molar-refractivity contribution in [2.45, 2.75) is 26.1 Å². The zero-order valence-corrected chi connectivity index (χ0v) is 13.0. The molecule has 4 heteroatoms. The van der Waals surface area contributed by atoms with E-state index in [1.165, 1.54) is 7.11 Å². The van der Waals surface area contributed by atoms with Crippen molar-refractivity contribution >= 4 is 5.97 Å². The fraction of sp³-hybridized carbons (Fsp3) is 0.278. The van der Waals surface area contributed by atoms with Gasteiger partial charge in [-0.15, -0.1) is 0 Å². The Morgan fingerprint density at radius 3 is 2.14 bits per heavy atom. The lowest BCUT2D eigenvalue weighted by Crippen LogP contribution is -2.39. The summed E-state index contributed by atoms with van der Waals surface area (Å²) < 4.78 is 16.1. The molecule has 0 aliphatic heterocycles. The van der Waals surface area contributed by atoms with Gasteiger partial charge in [-0.1, -0.05) is 30.3 Å². The van der Waals surface area contributed by atoms with Crippen LogP contribution in [0.3, 0.4) is 0 Å². The number of ether oxygens (including phenoxy) is 3. The van der Waals surface area contributed by atoms with Crippen LogP contribution in [0.5, 0.6) is 11.5 Å². The highest BCUT2D eigenvalue weighted by molar-refractivity contribution is 5.78. The molecule has 0 heterocycles. The SMILES string of the molecule is COC(=O)C(C)(C)Oc1ccc(OCc2ccccc2)cc1. The first-order chi connectivity index (χ1) is 10.5. The van der Waals surface area contributed by atoms with E-state index >= 15 is 0 Å². The number of carbonyl (C=O) groups excluding carboxylic acids is 1. The summed E-state index contributed by atoms with van der Waals surface area (Å²) in [6, 6.07) is 17.1. The molecule has 2 aromatic rings. The molecule has 4 nitrogen and oxygen atoms in total. The molecule has 0 aromatic heterocycles. The van der Waals surface area contributed by atoms with Crippen LogP contribution in [-0.4, -0.2) is 18.7 Å². The molecule has 0 aliphatic rings. The molecule has 0 saturated carbocycles. The van der Waals surface area contributed by atoms with Crippen LogP contribution in [0, 0.1) is 0 Å². The minimum atomic E-state index is -1.03. The van der Waals surface area contributed by atoms with Gasteiger partial charge >= 0.3 is 5.97 Å². The van der Waals surface area contributed by atoms with Crippen molar-refractivity contribution in [2.24, 2.45) is 0 Å². The van der Waals surface area contributed by atoms with Crippen molar-refractivity contribution in [3.63, 3.8) is 0 Å². The molecule has 0 radical (unpaired) electrons. The fourth-order valence-electron chi connectivity index (χ4n) is 1.93. The van der Waals surface area contributed by atoms with Crippen LogP contribution in [0.15, 0.2) is 54.6 Å². The summed E-state index contributed by atoms with van der Waals surface area (Å²) in [6.07, 6.45) is 0. The van der Waals surface area contributed by atoms with Gasteiger partial charge < -0.3 is 14.2 Å². The van der Waals surface area contributed by atoms with Gasteiger partial charge in [0.05, 0.1) is 7.11 Å². The molecular weight excluding hydrogens is 280 g/mol. The summed E-state index contributed by atoms with van der Waals surface area (Å²) in [4.78, 5) is 11.6. The van der Waals surface area contributed by atoms with E-state index in [9.17, 15) is 4.79 Å². The van der Waals surface area contributed by atoms with E-state index in [2.05, 4.69) is 0 Å². The average molecular weight is 300 g/mol. The van der Waals surface area contributed by atoms with Crippen molar-refractivity contribution in [1.29, 1.82) is 0 Å². The highest BCUT2D eigenvalue weighted by Gasteiger charge is 2.30. The number of rotatable bonds is 6. The van der Waals surface area contributed by atoms with Gasteiger partial charge in [-0.3, -0.25) is 0 Å². The maximum absolute atomic E-state index is 11.6. The van der Waals surface area contributed by atoms with E-state index < -0.39 is 11.6 Å². The second-order valence-electron chi connectivity index (χ2n) is 5.35. The summed E-state index contributed by atoms with van der Waals surface area (Å²) in [5, 5.41) is 0. The Morgan fingerprint density at radius 1 is 0.955 bits per heavy atom. The maximum Gasteiger partial charge on any atom is 0.349 e. The lowest BCUT2D eigenvalue weighted by Gasteiger charge is -2.23. The fourth-order valence-corrected chi connectivity index (χ4v) is 1.93. The third-order valence-corrected chi connectivity index (χ3v) is 3.12. The lowest BCUT2D eigenvalue weighted by atomic mass is 10.1. The van der Waals surface area contributed by atoms with Gasteiger partial charge in [0.25, 0.3) is 0 Å². The molecule has 0 aliphatic carbocycles. The molecule has 0 atom stereocenters. The van der Waals surface area contributed by atoms with E-state index in [1.807, 2.05) is 42.5 Å². The third kappa shape index (κ3) is 4.25. The van der Waals surface area contributed by atoms with Crippen LogP contribution in [-0.2, 0) is 16.1 Å². The second kappa shape index (κ2) is 6.98. The highest BCUT2D eigenvalue weighted by atomic mass is 16.6. The largest absolute Gasteiger partial charge is 0.489 e. The van der Waals surface area contributed by atoms with E-state index in [1.54, 1.807) is 26.0 Å². The Morgan fingerprint density at radius 2 is 1.55 bits per heavy atom. The van der Waals surface area contributed by atoms with Crippen LogP contribution in [0.4, 0.5) is 0 Å². The number of esters is 1. The van der Waals surface area contributed by atoms with E-state index in [-0.39, 0.29) is 0 Å². The molecule has 0 spiro atoms. The molecule has 0 N–H and O–H groups in total. The van der Waals surface area contributed by atoms with Gasteiger partial charge in [0.15, 0.2) is 5.60 Å². The first-order valence-electron chi connectivity index (χ1n) is 7.05. The molecular formula is C18H20O4. The van der Waals surface area contributed by atoms with Crippen molar-refractivity contribution in [3.05, 3.63) is 60.2 Å². The zero-order chi connectivity index (χ0) is 16.0. The molecule has 0 fully saturated rings. The van der Waals surface area contributed by atoms with Crippen LogP contribution < -0.4 is 9.47 Å². The zero-order valence-electron chi connectivity index (χ0n) is 13.0. The van der Waals surface area contributed by atoms with Crippen LogP contribution in [0.25, 0.3) is 0 Å². The number of hydrogen-bond acceptors (Lipinski definition) is 4. The van der Waals surface area contributed by atoms with Crippen LogP contribution in [0.2, 0.25) is 0 Å². The molecule has 116 valence electrons. The van der Waals surface area contributed by atoms with Crippen molar-refractivity contribution < 1.29 is 19.0 Å². The van der Waals surface area contributed by atoms with Gasteiger partial charge in [0.1, 0.15) is 18.1 Å². The van der Waals surface area contributed by atoms with Gasteiger partial charge in [-0.2, -0.15) is 0 Å². The Hall–Kier alpha value is -2.49. The molecule has 0 unspecified atom stereocenters. The van der Waals surface area contributed by atoms with Crippen LogP contribution in [0.1, 0.15) is 19.4 Å². The Labute approximate surface area is 130 Å². The summed E-state index contributed by atoms with van der Waals surface area (Å²) >= 11 is 0. The monoisotopic (exact) mass is 300 g/mol.